The molecule has 0 N–H and O–H groups in total. The number of carbonyl (C=O) groups excluding carboxylic acids is 2. The molecule has 30 heavy (non-hydrogen) atoms. The third-order valence-electron chi connectivity index (χ3n) is 5.63. The van der Waals surface area contributed by atoms with Crippen molar-refractivity contribution in [2.45, 2.75) is 19.1 Å². The van der Waals surface area contributed by atoms with Gasteiger partial charge in [-0.2, -0.15) is 0 Å². The molecule has 2 aliphatic heterocycles. The highest BCUT2D eigenvalue weighted by Crippen LogP contribution is 2.47. The fraction of sp³-hybridized carbons (Fsp3) is 0.167. The Kier molecular flexibility index (Phi) is 4.37. The SMILES string of the molecule is Cc1ccc([C@H]2[C@H]3C(=O)N(c4ccc(F)cc4)C(=O)[C@@H]3ON2c2ccccc2)cc1. The molecule has 6 heteroatoms. The highest BCUT2D eigenvalue weighted by atomic mass is 19.1. The van der Waals surface area contributed by atoms with Crippen LogP contribution in [0.2, 0.25) is 0 Å². The Morgan fingerprint density at radius 3 is 2.13 bits per heavy atom. The highest BCUT2D eigenvalue weighted by molar-refractivity contribution is 6.23. The van der Waals surface area contributed by atoms with Gasteiger partial charge in [-0.3, -0.25) is 14.4 Å². The molecular formula is C24H19FN2O3. The van der Waals surface area contributed by atoms with Gasteiger partial charge in [-0.15, -0.1) is 0 Å². The van der Waals surface area contributed by atoms with Crippen LogP contribution in [0.15, 0.2) is 78.9 Å². The van der Waals surface area contributed by atoms with Crippen LogP contribution in [-0.2, 0) is 14.4 Å². The van der Waals surface area contributed by atoms with Crippen LogP contribution in [-0.4, -0.2) is 17.9 Å². The maximum Gasteiger partial charge on any atom is 0.266 e. The van der Waals surface area contributed by atoms with Crippen LogP contribution in [0.1, 0.15) is 17.2 Å². The number of para-hydroxylation sites is 1. The van der Waals surface area contributed by atoms with E-state index in [0.29, 0.717) is 5.69 Å². The topological polar surface area (TPSA) is 49.9 Å². The number of anilines is 2. The van der Waals surface area contributed by atoms with Crippen molar-refractivity contribution in [3.05, 3.63) is 95.8 Å². The number of rotatable bonds is 3. The first-order valence-corrected chi connectivity index (χ1v) is 9.75. The molecule has 0 spiro atoms. The maximum absolute atomic E-state index is 13.4. The zero-order valence-electron chi connectivity index (χ0n) is 16.2. The standard InChI is InChI=1S/C24H19FN2O3/c1-15-7-9-16(10-8-15)21-20-22(30-27(21)19-5-3-2-4-6-19)24(29)26(23(20)28)18-13-11-17(25)12-14-18/h2-14,20-22H,1H3/t20-,21+,22-/m1/s1. The molecule has 3 aromatic carbocycles. The van der Waals surface area contributed by atoms with Gasteiger partial charge in [0, 0.05) is 0 Å². The number of hydrogen-bond donors (Lipinski definition) is 0. The lowest BCUT2D eigenvalue weighted by atomic mass is 9.90. The number of aryl methyl sites for hydroxylation is 1. The summed E-state index contributed by atoms with van der Waals surface area (Å²) in [6.45, 7) is 1.99. The summed E-state index contributed by atoms with van der Waals surface area (Å²) < 4.78 is 13.3. The number of halogens is 1. The van der Waals surface area contributed by atoms with Gasteiger partial charge in [-0.25, -0.2) is 14.4 Å². The lowest BCUT2D eigenvalue weighted by molar-refractivity contribution is -0.126. The minimum absolute atomic E-state index is 0.346. The van der Waals surface area contributed by atoms with Crippen LogP contribution in [0.4, 0.5) is 15.8 Å². The predicted molar refractivity (Wildman–Crippen MR) is 110 cm³/mol. The number of benzene rings is 3. The molecule has 5 nitrogen and oxygen atoms in total. The first-order valence-electron chi connectivity index (χ1n) is 9.75. The summed E-state index contributed by atoms with van der Waals surface area (Å²) in [4.78, 5) is 33.7. The molecule has 3 atom stereocenters. The van der Waals surface area contributed by atoms with E-state index < -0.39 is 29.8 Å². The van der Waals surface area contributed by atoms with Gasteiger partial charge in [0.15, 0.2) is 6.10 Å². The van der Waals surface area contributed by atoms with E-state index in [4.69, 9.17) is 4.84 Å². The molecule has 2 saturated heterocycles. The second-order valence-corrected chi connectivity index (χ2v) is 7.56. The second-order valence-electron chi connectivity index (χ2n) is 7.56. The van der Waals surface area contributed by atoms with E-state index in [9.17, 15) is 14.0 Å². The van der Waals surface area contributed by atoms with Crippen molar-refractivity contribution in [3.63, 3.8) is 0 Å². The molecule has 150 valence electrons. The Bertz CT molecular complexity index is 1100. The second kappa shape index (κ2) is 7.07. The van der Waals surface area contributed by atoms with Gasteiger partial charge in [0.05, 0.1) is 17.4 Å². The number of imide groups is 1. The molecule has 0 saturated carbocycles. The Hall–Kier alpha value is -3.51. The Morgan fingerprint density at radius 1 is 0.800 bits per heavy atom. The van der Waals surface area contributed by atoms with Gasteiger partial charge in [0.2, 0.25) is 5.91 Å². The summed E-state index contributed by atoms with van der Waals surface area (Å²) in [5, 5.41) is 1.66. The van der Waals surface area contributed by atoms with Crippen LogP contribution in [0, 0.1) is 18.7 Å². The molecule has 0 bridgehead atoms. The average Bonchev–Trinajstić information content (AvgIpc) is 3.27. The third-order valence-corrected chi connectivity index (χ3v) is 5.63. The molecule has 3 aromatic rings. The normalized spacial score (nSPS) is 23.2. The van der Waals surface area contributed by atoms with Gasteiger partial charge in [-0.05, 0) is 48.9 Å². The largest absolute Gasteiger partial charge is 0.273 e. The van der Waals surface area contributed by atoms with Gasteiger partial charge in [0.25, 0.3) is 5.91 Å². The van der Waals surface area contributed by atoms with Crippen molar-refractivity contribution in [2.75, 3.05) is 9.96 Å². The van der Waals surface area contributed by atoms with Crippen molar-refractivity contribution >= 4 is 23.2 Å². The van der Waals surface area contributed by atoms with Crippen molar-refractivity contribution in [3.8, 4) is 0 Å². The fourth-order valence-corrected chi connectivity index (χ4v) is 4.16. The van der Waals surface area contributed by atoms with Gasteiger partial charge < -0.3 is 0 Å². The Balaban J connectivity index is 1.58. The van der Waals surface area contributed by atoms with Crippen molar-refractivity contribution in [1.82, 2.24) is 0 Å². The zero-order valence-corrected chi connectivity index (χ0v) is 16.2. The summed E-state index contributed by atoms with van der Waals surface area (Å²) in [5.41, 5.74) is 3.10. The lowest BCUT2D eigenvalue weighted by Crippen LogP contribution is -2.37. The van der Waals surface area contributed by atoms with Crippen molar-refractivity contribution < 1.29 is 18.8 Å². The zero-order chi connectivity index (χ0) is 20.8. The quantitative estimate of drug-likeness (QED) is 0.617. The first kappa shape index (κ1) is 18.5. The van der Waals surface area contributed by atoms with Crippen LogP contribution in [0.3, 0.4) is 0 Å². The monoisotopic (exact) mass is 402 g/mol. The summed E-state index contributed by atoms with van der Waals surface area (Å²) in [6.07, 6.45) is -0.936. The predicted octanol–water partition coefficient (Wildman–Crippen LogP) is 4.19. The van der Waals surface area contributed by atoms with E-state index in [1.54, 1.807) is 5.06 Å². The number of hydrogen-bond acceptors (Lipinski definition) is 4. The number of fused-ring (bicyclic) bond motifs is 1. The van der Waals surface area contributed by atoms with E-state index in [1.165, 1.54) is 24.3 Å². The fourth-order valence-electron chi connectivity index (χ4n) is 4.16. The number of carbonyl (C=O) groups is 2. The highest BCUT2D eigenvalue weighted by Gasteiger charge is 2.60. The molecule has 0 aliphatic carbocycles. The van der Waals surface area contributed by atoms with E-state index >= 15 is 0 Å². The van der Waals surface area contributed by atoms with Crippen LogP contribution >= 0.6 is 0 Å². The van der Waals surface area contributed by atoms with Crippen LogP contribution in [0.25, 0.3) is 0 Å². The lowest BCUT2D eigenvalue weighted by Gasteiger charge is -2.28. The molecular weight excluding hydrogens is 383 g/mol. The number of hydroxylamine groups is 1. The minimum atomic E-state index is -0.936. The molecule has 2 aliphatic rings. The third kappa shape index (κ3) is 2.88. The average molecular weight is 402 g/mol. The first-order chi connectivity index (χ1) is 14.5. The molecule has 2 fully saturated rings. The summed E-state index contributed by atoms with van der Waals surface area (Å²) in [6, 6.07) is 22.2. The summed E-state index contributed by atoms with van der Waals surface area (Å²) in [7, 11) is 0. The summed E-state index contributed by atoms with van der Waals surface area (Å²) in [5.74, 6) is -1.92. The van der Waals surface area contributed by atoms with E-state index in [-0.39, 0.29) is 5.91 Å². The van der Waals surface area contributed by atoms with E-state index in [0.717, 1.165) is 21.7 Å². The Morgan fingerprint density at radius 2 is 1.47 bits per heavy atom. The molecule has 0 radical (unpaired) electrons. The van der Waals surface area contributed by atoms with Gasteiger partial charge in [0.1, 0.15) is 11.7 Å². The van der Waals surface area contributed by atoms with E-state index in [1.807, 2.05) is 61.5 Å². The molecule has 0 unspecified atom stereocenters. The van der Waals surface area contributed by atoms with Crippen molar-refractivity contribution in [1.29, 1.82) is 0 Å². The van der Waals surface area contributed by atoms with Gasteiger partial charge in [-0.1, -0.05) is 48.0 Å². The number of amides is 2. The Labute approximate surface area is 173 Å². The summed E-state index contributed by atoms with van der Waals surface area (Å²) >= 11 is 0. The molecule has 2 heterocycles. The smallest absolute Gasteiger partial charge is 0.266 e. The van der Waals surface area contributed by atoms with Crippen LogP contribution < -0.4 is 9.96 Å². The minimum Gasteiger partial charge on any atom is -0.273 e. The molecule has 0 aromatic heterocycles. The molecule has 5 rings (SSSR count). The number of nitrogens with zero attached hydrogens (tertiary/aromatic N) is 2. The van der Waals surface area contributed by atoms with Crippen molar-refractivity contribution in [2.24, 2.45) is 5.92 Å². The van der Waals surface area contributed by atoms with Gasteiger partial charge >= 0.3 is 0 Å². The van der Waals surface area contributed by atoms with E-state index in [2.05, 4.69) is 0 Å². The molecule has 2 amide bonds. The van der Waals surface area contributed by atoms with Crippen LogP contribution in [0.5, 0.6) is 0 Å². The maximum atomic E-state index is 13.4.